The molecule has 148 valence electrons. The summed E-state index contributed by atoms with van der Waals surface area (Å²) in [7, 11) is 0. The van der Waals surface area contributed by atoms with Crippen LogP contribution in [0.1, 0.15) is 34.6 Å². The van der Waals surface area contributed by atoms with Crippen LogP contribution in [0.4, 0.5) is 0 Å². The molecule has 0 atom stereocenters. The van der Waals surface area contributed by atoms with Gasteiger partial charge < -0.3 is 19.8 Å². The van der Waals surface area contributed by atoms with Gasteiger partial charge in [0.25, 0.3) is 0 Å². The Morgan fingerprint density at radius 1 is 0.828 bits per heavy atom. The molecule has 2 aromatic carbocycles. The molecule has 8 nitrogen and oxygen atoms in total. The van der Waals surface area contributed by atoms with Crippen molar-refractivity contribution in [3.05, 3.63) is 47.5 Å². The monoisotopic (exact) mass is 536 g/mol. The molecule has 2 heterocycles. The largest absolute Gasteiger partial charge is 0.545 e. The minimum absolute atomic E-state index is 0.155. The van der Waals surface area contributed by atoms with Gasteiger partial charge in [0.05, 0.1) is 21.3 Å². The number of fused-ring (bicyclic) bond motifs is 2. The molecule has 0 radical (unpaired) electrons. The molecule has 0 aliphatic carbocycles. The second-order valence-electron chi connectivity index (χ2n) is 5.39. The molecule has 4 rings (SSSR count). The smallest absolute Gasteiger partial charge is 0.106 e. The van der Waals surface area contributed by atoms with Crippen LogP contribution in [0, 0.1) is 0 Å². The van der Waals surface area contributed by atoms with Gasteiger partial charge in [0.1, 0.15) is 11.0 Å². The molecule has 0 N–H and O–H groups in total. The van der Waals surface area contributed by atoms with Crippen LogP contribution in [0.25, 0.3) is 20.4 Å². The summed E-state index contributed by atoms with van der Waals surface area (Å²) in [6.45, 7) is 4.57. The standard InChI is InChI=1S/2C7H4N2O2S.2C2H5.Sn/c2*10-7(11)4-2-1-3-5-6(4)12-9-8-5;2*1-2;/h2*1-3H,(H,10,11);2*1H2,2H3;/q;;;;+2/p-2. The minimum Gasteiger partial charge on any atom is -0.545 e. The zero-order chi connectivity index (χ0) is 21.2. The van der Waals surface area contributed by atoms with Crippen molar-refractivity contribution in [2.45, 2.75) is 22.7 Å². The van der Waals surface area contributed by atoms with Gasteiger partial charge in [-0.3, -0.25) is 0 Å². The molecule has 0 amide bonds. The molecule has 4 aromatic rings. The molecule has 0 aliphatic heterocycles. The Labute approximate surface area is 185 Å². The molecule has 0 aliphatic rings. The number of carboxylic acids is 2. The van der Waals surface area contributed by atoms with E-state index < -0.39 is 11.9 Å². The second-order valence-corrected chi connectivity index (χ2v) is 12.4. The quantitative estimate of drug-likeness (QED) is 0.361. The van der Waals surface area contributed by atoms with Crippen molar-refractivity contribution in [3.63, 3.8) is 0 Å². The van der Waals surface area contributed by atoms with Gasteiger partial charge in [-0.1, -0.05) is 33.2 Å². The predicted molar refractivity (Wildman–Crippen MR) is 110 cm³/mol. The molecular formula is C18H16N4O4S2Sn. The summed E-state index contributed by atoms with van der Waals surface area (Å²) in [5.74, 6) is -2.38. The Hall–Kier alpha value is -2.18. The van der Waals surface area contributed by atoms with Crippen molar-refractivity contribution in [3.8, 4) is 0 Å². The number of hydrogen-bond acceptors (Lipinski definition) is 10. The third kappa shape index (κ3) is 6.41. The summed E-state index contributed by atoms with van der Waals surface area (Å²) < 4.78 is 11.5. The van der Waals surface area contributed by atoms with E-state index in [-0.39, 0.29) is 32.3 Å². The number of benzene rings is 2. The van der Waals surface area contributed by atoms with Crippen LogP contribution >= 0.6 is 23.1 Å². The van der Waals surface area contributed by atoms with E-state index in [9.17, 15) is 19.8 Å². The van der Waals surface area contributed by atoms with E-state index in [2.05, 4.69) is 33.0 Å². The first-order valence-electron chi connectivity index (χ1n) is 8.55. The Morgan fingerprint density at radius 3 is 1.55 bits per heavy atom. The van der Waals surface area contributed by atoms with Gasteiger partial charge in [0.2, 0.25) is 0 Å². The molecule has 29 heavy (non-hydrogen) atoms. The molecule has 0 spiro atoms. The Kier molecular flexibility index (Phi) is 9.35. The molecule has 0 saturated heterocycles. The van der Waals surface area contributed by atoms with Gasteiger partial charge in [-0.05, 0) is 35.2 Å². The topological polar surface area (TPSA) is 132 Å². The number of carboxylic acid groups (broad SMARTS) is 2. The van der Waals surface area contributed by atoms with Crippen molar-refractivity contribution in [2.24, 2.45) is 0 Å². The summed E-state index contributed by atoms with van der Waals surface area (Å²) in [6, 6.07) is 9.63. The van der Waals surface area contributed by atoms with Crippen LogP contribution in [0.2, 0.25) is 8.87 Å². The van der Waals surface area contributed by atoms with Crippen LogP contribution in [-0.2, 0) is 0 Å². The maximum absolute atomic E-state index is 10.6. The van der Waals surface area contributed by atoms with E-state index >= 15 is 0 Å². The van der Waals surface area contributed by atoms with Gasteiger partial charge in [-0.2, -0.15) is 0 Å². The first kappa shape index (κ1) is 23.1. The number of carbonyl (C=O) groups excluding carboxylic acids is 2. The summed E-state index contributed by atoms with van der Waals surface area (Å²) in [6.07, 6.45) is 0. The van der Waals surface area contributed by atoms with Gasteiger partial charge in [-0.15, -0.1) is 10.2 Å². The average Bonchev–Trinajstić information content (AvgIpc) is 3.38. The maximum atomic E-state index is 10.6. The summed E-state index contributed by atoms with van der Waals surface area (Å²) >= 11 is 2.34. The van der Waals surface area contributed by atoms with Crippen molar-refractivity contribution in [2.75, 3.05) is 0 Å². The SMILES string of the molecule is C[CH2][Sn+2][CH2]C.O=C([O-])c1cccc2nnsc12.O=C([O-])c1cccc2nnsc12. The zero-order valence-corrected chi connectivity index (χ0v) is 20.1. The van der Waals surface area contributed by atoms with Crippen LogP contribution < -0.4 is 10.2 Å². The van der Waals surface area contributed by atoms with E-state index in [0.29, 0.717) is 20.4 Å². The number of aromatic carboxylic acids is 2. The van der Waals surface area contributed by atoms with Crippen molar-refractivity contribution < 1.29 is 19.8 Å². The normalized spacial score (nSPS) is 9.72. The van der Waals surface area contributed by atoms with Crippen molar-refractivity contribution >= 4 is 76.6 Å². The van der Waals surface area contributed by atoms with Crippen LogP contribution in [-0.4, -0.2) is 52.3 Å². The number of hydrogen-bond donors (Lipinski definition) is 0. The van der Waals surface area contributed by atoms with Crippen molar-refractivity contribution in [1.82, 2.24) is 19.2 Å². The van der Waals surface area contributed by atoms with E-state index in [4.69, 9.17) is 0 Å². The van der Waals surface area contributed by atoms with E-state index in [0.717, 1.165) is 23.1 Å². The van der Waals surface area contributed by atoms with Gasteiger partial charge in [0.15, 0.2) is 0 Å². The van der Waals surface area contributed by atoms with Crippen LogP contribution in [0.15, 0.2) is 36.4 Å². The van der Waals surface area contributed by atoms with Gasteiger partial charge in [-0.25, -0.2) is 0 Å². The predicted octanol–water partition coefficient (Wildman–Crippen LogP) is 1.68. The van der Waals surface area contributed by atoms with Crippen LogP contribution in [0.5, 0.6) is 0 Å². The third-order valence-electron chi connectivity index (χ3n) is 3.49. The Morgan fingerprint density at radius 2 is 1.24 bits per heavy atom. The summed E-state index contributed by atoms with van der Waals surface area (Å²) in [5, 5.41) is 28.6. The molecule has 2 aromatic heterocycles. The number of aromatic nitrogens is 4. The van der Waals surface area contributed by atoms with Gasteiger partial charge in [0, 0.05) is 11.1 Å². The summed E-state index contributed by atoms with van der Waals surface area (Å²) in [5.41, 5.74) is 1.51. The second kappa shape index (κ2) is 11.7. The fraction of sp³-hybridized carbons (Fsp3) is 0.222. The number of rotatable bonds is 4. The molecule has 0 unspecified atom stereocenters. The fourth-order valence-corrected chi connectivity index (χ4v) is 4.93. The Bertz CT molecular complexity index is 1010. The third-order valence-corrected chi connectivity index (χ3v) is 7.89. The maximum Gasteiger partial charge on any atom is 0.106 e. The molecule has 11 heteroatoms. The fourth-order valence-electron chi connectivity index (χ4n) is 2.18. The van der Waals surface area contributed by atoms with Gasteiger partial charge >= 0.3 is 43.9 Å². The summed E-state index contributed by atoms with van der Waals surface area (Å²) in [4.78, 5) is 21.1. The average molecular weight is 535 g/mol. The molecule has 0 bridgehead atoms. The number of carbonyl (C=O) groups is 2. The Balaban J connectivity index is 0.000000170. The van der Waals surface area contributed by atoms with Crippen molar-refractivity contribution in [1.29, 1.82) is 0 Å². The molecular weight excluding hydrogens is 519 g/mol. The zero-order valence-electron chi connectivity index (χ0n) is 15.6. The number of nitrogens with zero attached hydrogens (tertiary/aromatic N) is 4. The van der Waals surface area contributed by atoms with E-state index in [1.165, 1.54) is 21.0 Å². The molecule has 0 fully saturated rings. The first-order chi connectivity index (χ1) is 14.0. The molecule has 0 saturated carbocycles. The first-order valence-corrected chi connectivity index (χ1v) is 14.1. The van der Waals surface area contributed by atoms with Crippen LogP contribution in [0.3, 0.4) is 0 Å². The van der Waals surface area contributed by atoms with E-state index in [1.54, 1.807) is 24.3 Å². The van der Waals surface area contributed by atoms with E-state index in [1.807, 2.05) is 0 Å². The minimum atomic E-state index is -1.19.